The summed E-state index contributed by atoms with van der Waals surface area (Å²) in [5.74, 6) is -0.329. The number of rotatable bonds is 5. The SMILES string of the molecule is CCc1c(C=C2C(=O)Nc3ccc(S(=O)(=O)Nc4ccc(C(F)(F)F)cc4)cc32)[nH]c2c1CCCC2. The summed E-state index contributed by atoms with van der Waals surface area (Å²) in [5, 5.41) is 2.77. The number of anilines is 2. The van der Waals surface area contributed by atoms with E-state index in [1.165, 1.54) is 35.0 Å². The smallest absolute Gasteiger partial charge is 0.358 e. The van der Waals surface area contributed by atoms with E-state index >= 15 is 0 Å². The second-order valence-electron chi connectivity index (χ2n) is 8.94. The maximum Gasteiger partial charge on any atom is 0.416 e. The van der Waals surface area contributed by atoms with E-state index in [4.69, 9.17) is 0 Å². The number of sulfonamides is 1. The zero-order valence-corrected chi connectivity index (χ0v) is 20.2. The highest BCUT2D eigenvalue weighted by Crippen LogP contribution is 2.37. The average molecular weight is 516 g/mol. The standard InChI is InChI=1S/C26H24F3N3O3S/c1-2-18-19-5-3-4-6-22(19)30-24(18)14-21-20-13-17(11-12-23(20)31-25(21)33)36(34,35)32-16-9-7-15(8-10-16)26(27,28)29/h7-14,30,32H,2-6H2,1H3,(H,31,33). The first kappa shape index (κ1) is 24.2. The van der Waals surface area contributed by atoms with Crippen molar-refractivity contribution < 1.29 is 26.4 Å². The highest BCUT2D eigenvalue weighted by atomic mass is 32.2. The average Bonchev–Trinajstić information content (AvgIpc) is 3.34. The third-order valence-electron chi connectivity index (χ3n) is 6.63. The van der Waals surface area contributed by atoms with Crippen LogP contribution in [0.1, 0.15) is 53.4 Å². The number of carbonyl (C=O) groups is 1. The molecule has 2 aliphatic rings. The predicted molar refractivity (Wildman–Crippen MR) is 132 cm³/mol. The Balaban J connectivity index is 1.48. The molecule has 188 valence electrons. The van der Waals surface area contributed by atoms with Gasteiger partial charge in [-0.2, -0.15) is 13.2 Å². The van der Waals surface area contributed by atoms with Gasteiger partial charge in [0.15, 0.2) is 0 Å². The number of aromatic amines is 1. The van der Waals surface area contributed by atoms with Crippen LogP contribution in [0.2, 0.25) is 0 Å². The van der Waals surface area contributed by atoms with E-state index in [1.54, 1.807) is 6.08 Å². The van der Waals surface area contributed by atoms with Crippen LogP contribution in [0.3, 0.4) is 0 Å². The van der Waals surface area contributed by atoms with Crippen molar-refractivity contribution >= 4 is 39.0 Å². The van der Waals surface area contributed by atoms with Gasteiger partial charge in [0.05, 0.1) is 16.0 Å². The molecular formula is C26H24F3N3O3S. The molecule has 1 aliphatic heterocycles. The second-order valence-corrected chi connectivity index (χ2v) is 10.6. The van der Waals surface area contributed by atoms with Crippen molar-refractivity contribution in [1.29, 1.82) is 0 Å². The lowest BCUT2D eigenvalue weighted by atomic mass is 9.93. The van der Waals surface area contributed by atoms with Crippen LogP contribution in [-0.4, -0.2) is 19.3 Å². The summed E-state index contributed by atoms with van der Waals surface area (Å²) < 4.78 is 66.7. The number of amides is 1. The first-order valence-corrected chi connectivity index (χ1v) is 13.2. The van der Waals surface area contributed by atoms with Gasteiger partial charge in [0, 0.05) is 28.3 Å². The van der Waals surface area contributed by atoms with Crippen LogP contribution in [0.15, 0.2) is 47.4 Å². The Bertz CT molecular complexity index is 1490. The number of H-pyrrole nitrogens is 1. The number of fused-ring (bicyclic) bond motifs is 2. The molecule has 0 saturated carbocycles. The van der Waals surface area contributed by atoms with Gasteiger partial charge in [0.1, 0.15) is 0 Å². The van der Waals surface area contributed by atoms with Crippen molar-refractivity contribution in [3.63, 3.8) is 0 Å². The van der Waals surface area contributed by atoms with E-state index in [0.29, 0.717) is 16.8 Å². The van der Waals surface area contributed by atoms with Crippen LogP contribution in [0, 0.1) is 0 Å². The molecule has 6 nitrogen and oxygen atoms in total. The van der Waals surface area contributed by atoms with E-state index in [9.17, 15) is 26.4 Å². The molecule has 0 spiro atoms. The Morgan fingerprint density at radius 1 is 1.06 bits per heavy atom. The highest BCUT2D eigenvalue weighted by molar-refractivity contribution is 7.92. The largest absolute Gasteiger partial charge is 0.416 e. The van der Waals surface area contributed by atoms with Crippen LogP contribution in [0.5, 0.6) is 0 Å². The minimum atomic E-state index is -4.52. The van der Waals surface area contributed by atoms with E-state index in [0.717, 1.165) is 62.1 Å². The molecule has 0 atom stereocenters. The first-order chi connectivity index (χ1) is 17.1. The minimum absolute atomic E-state index is 0.00183. The molecule has 0 radical (unpaired) electrons. The Morgan fingerprint density at radius 2 is 1.78 bits per heavy atom. The fraction of sp³-hybridized carbons (Fsp3) is 0.269. The molecular weight excluding hydrogens is 491 g/mol. The van der Waals surface area contributed by atoms with Crippen LogP contribution in [0.25, 0.3) is 11.6 Å². The van der Waals surface area contributed by atoms with E-state index in [-0.39, 0.29) is 16.5 Å². The van der Waals surface area contributed by atoms with Crippen LogP contribution < -0.4 is 10.0 Å². The second kappa shape index (κ2) is 8.85. The first-order valence-electron chi connectivity index (χ1n) is 11.7. The number of halogens is 3. The maximum absolute atomic E-state index is 13.0. The number of aromatic nitrogens is 1. The minimum Gasteiger partial charge on any atom is -0.358 e. The molecule has 36 heavy (non-hydrogen) atoms. The van der Waals surface area contributed by atoms with E-state index in [2.05, 4.69) is 21.9 Å². The zero-order valence-electron chi connectivity index (χ0n) is 19.4. The predicted octanol–water partition coefficient (Wildman–Crippen LogP) is 5.77. The molecule has 2 heterocycles. The lowest BCUT2D eigenvalue weighted by molar-refractivity contribution is -0.137. The fourth-order valence-corrected chi connectivity index (χ4v) is 5.95. The molecule has 10 heteroatoms. The van der Waals surface area contributed by atoms with Gasteiger partial charge >= 0.3 is 6.18 Å². The van der Waals surface area contributed by atoms with Gasteiger partial charge in [-0.3, -0.25) is 9.52 Å². The molecule has 0 unspecified atom stereocenters. The van der Waals surface area contributed by atoms with Gasteiger partial charge in [-0.15, -0.1) is 0 Å². The van der Waals surface area contributed by atoms with Crippen LogP contribution in [0.4, 0.5) is 24.5 Å². The van der Waals surface area contributed by atoms with Crippen LogP contribution >= 0.6 is 0 Å². The molecule has 0 saturated heterocycles. The third kappa shape index (κ3) is 4.41. The zero-order chi connectivity index (χ0) is 25.7. The Labute approximate surface area is 206 Å². The lowest BCUT2D eigenvalue weighted by Gasteiger charge is -2.11. The van der Waals surface area contributed by atoms with Crippen molar-refractivity contribution in [2.45, 2.75) is 50.1 Å². The molecule has 3 aromatic rings. The summed E-state index contributed by atoms with van der Waals surface area (Å²) in [6, 6.07) is 8.00. The van der Waals surface area contributed by atoms with Crippen LogP contribution in [-0.2, 0) is 40.3 Å². The summed E-state index contributed by atoms with van der Waals surface area (Å²) in [6.45, 7) is 2.07. The number of aryl methyl sites for hydroxylation is 1. The monoisotopic (exact) mass is 515 g/mol. The Morgan fingerprint density at radius 3 is 2.47 bits per heavy atom. The number of alkyl halides is 3. The molecule has 1 amide bonds. The number of nitrogens with one attached hydrogen (secondary N) is 3. The maximum atomic E-state index is 13.0. The quantitative estimate of drug-likeness (QED) is 0.377. The molecule has 0 bridgehead atoms. The number of hydrogen-bond acceptors (Lipinski definition) is 3. The van der Waals surface area contributed by atoms with Gasteiger partial charge in [-0.1, -0.05) is 6.92 Å². The van der Waals surface area contributed by atoms with E-state index in [1.807, 2.05) is 0 Å². The Hall–Kier alpha value is -3.53. The highest BCUT2D eigenvalue weighted by Gasteiger charge is 2.31. The molecule has 1 aromatic heterocycles. The molecule has 0 fully saturated rings. The van der Waals surface area contributed by atoms with Crippen molar-refractivity contribution in [2.24, 2.45) is 0 Å². The number of carbonyl (C=O) groups excluding carboxylic acids is 1. The normalized spacial score (nSPS) is 16.6. The topological polar surface area (TPSA) is 91.1 Å². The van der Waals surface area contributed by atoms with Gasteiger partial charge in [0.2, 0.25) is 0 Å². The summed E-state index contributed by atoms with van der Waals surface area (Å²) >= 11 is 0. The summed E-state index contributed by atoms with van der Waals surface area (Å²) in [6.07, 6.45) is 2.28. The molecule has 5 rings (SSSR count). The molecule has 1 aliphatic carbocycles. The molecule has 3 N–H and O–H groups in total. The van der Waals surface area contributed by atoms with Gasteiger partial charge in [-0.25, -0.2) is 8.42 Å². The Kier molecular flexibility index (Phi) is 5.94. The van der Waals surface area contributed by atoms with Crippen molar-refractivity contribution in [3.05, 3.63) is 76.1 Å². The third-order valence-corrected chi connectivity index (χ3v) is 8.01. The van der Waals surface area contributed by atoms with Crippen molar-refractivity contribution in [2.75, 3.05) is 10.0 Å². The van der Waals surface area contributed by atoms with Gasteiger partial charge < -0.3 is 10.3 Å². The van der Waals surface area contributed by atoms with Crippen molar-refractivity contribution in [1.82, 2.24) is 4.98 Å². The fourth-order valence-electron chi connectivity index (χ4n) is 4.87. The number of hydrogen-bond donors (Lipinski definition) is 3. The van der Waals surface area contributed by atoms with Crippen molar-refractivity contribution in [3.8, 4) is 0 Å². The summed E-state index contributed by atoms with van der Waals surface area (Å²) in [4.78, 5) is 16.1. The summed E-state index contributed by atoms with van der Waals surface area (Å²) in [5.41, 5.74) is 4.96. The van der Waals surface area contributed by atoms with Gasteiger partial charge in [-0.05, 0) is 91.8 Å². The lowest BCUT2D eigenvalue weighted by Crippen LogP contribution is -2.13. The number of benzene rings is 2. The summed E-state index contributed by atoms with van der Waals surface area (Å²) in [7, 11) is -4.12. The molecule has 2 aromatic carbocycles. The van der Waals surface area contributed by atoms with E-state index < -0.39 is 21.8 Å². The van der Waals surface area contributed by atoms with Gasteiger partial charge in [0.25, 0.3) is 15.9 Å².